The summed E-state index contributed by atoms with van der Waals surface area (Å²) in [4.78, 5) is 4.20. The number of ether oxygens (including phenoxy) is 1. The molecule has 0 atom stereocenters. The Morgan fingerprint density at radius 1 is 1.30 bits per heavy atom. The van der Waals surface area contributed by atoms with Gasteiger partial charge in [0.15, 0.2) is 0 Å². The van der Waals surface area contributed by atoms with Crippen LogP contribution in [-0.2, 0) is 6.54 Å². The maximum atomic E-state index is 5.91. The van der Waals surface area contributed by atoms with Gasteiger partial charge in [-0.3, -0.25) is 4.98 Å². The second kappa shape index (κ2) is 7.62. The molecule has 3 nitrogen and oxygen atoms in total. The van der Waals surface area contributed by atoms with Gasteiger partial charge in [-0.25, -0.2) is 0 Å². The standard InChI is InChI=1S/C15H16BrClN2O/c1-2-5-18-8-11-6-13(10-19-9-11)20-15-4-3-12(17)7-14(15)16/h3-4,6-7,9-10,18H,2,5,8H2,1H3. The van der Waals surface area contributed by atoms with Crippen LogP contribution in [0, 0.1) is 0 Å². The normalized spacial score (nSPS) is 10.6. The minimum Gasteiger partial charge on any atom is -0.455 e. The predicted octanol–water partition coefficient (Wildman–Crippen LogP) is 4.79. The lowest BCUT2D eigenvalue weighted by Gasteiger charge is -2.09. The SMILES string of the molecule is CCCNCc1cncc(Oc2ccc(Cl)cc2Br)c1. The van der Waals surface area contributed by atoms with E-state index < -0.39 is 0 Å². The molecule has 1 heterocycles. The lowest BCUT2D eigenvalue weighted by Crippen LogP contribution is -2.13. The van der Waals surface area contributed by atoms with Crippen molar-refractivity contribution in [1.29, 1.82) is 0 Å². The van der Waals surface area contributed by atoms with E-state index in [1.807, 2.05) is 18.3 Å². The molecule has 20 heavy (non-hydrogen) atoms. The molecule has 1 aromatic carbocycles. The highest BCUT2D eigenvalue weighted by molar-refractivity contribution is 9.10. The van der Waals surface area contributed by atoms with Gasteiger partial charge in [0.25, 0.3) is 0 Å². The molecule has 1 aromatic heterocycles. The van der Waals surface area contributed by atoms with Crippen molar-refractivity contribution < 1.29 is 4.74 Å². The van der Waals surface area contributed by atoms with Gasteiger partial charge >= 0.3 is 0 Å². The molecule has 0 saturated heterocycles. The van der Waals surface area contributed by atoms with Gasteiger partial charge in [-0.05, 0) is 58.7 Å². The van der Waals surface area contributed by atoms with Crippen LogP contribution >= 0.6 is 27.5 Å². The van der Waals surface area contributed by atoms with E-state index in [-0.39, 0.29) is 0 Å². The Bertz CT molecular complexity index is 578. The van der Waals surface area contributed by atoms with E-state index in [0.717, 1.165) is 35.3 Å². The van der Waals surface area contributed by atoms with Crippen molar-refractivity contribution in [3.05, 3.63) is 51.7 Å². The van der Waals surface area contributed by atoms with Gasteiger partial charge in [0.2, 0.25) is 0 Å². The highest BCUT2D eigenvalue weighted by atomic mass is 79.9. The van der Waals surface area contributed by atoms with Crippen LogP contribution in [-0.4, -0.2) is 11.5 Å². The van der Waals surface area contributed by atoms with Crippen LogP contribution in [0.3, 0.4) is 0 Å². The van der Waals surface area contributed by atoms with E-state index in [4.69, 9.17) is 16.3 Å². The van der Waals surface area contributed by atoms with E-state index in [1.165, 1.54) is 0 Å². The highest BCUT2D eigenvalue weighted by Crippen LogP contribution is 2.31. The van der Waals surface area contributed by atoms with Gasteiger partial charge in [-0.15, -0.1) is 0 Å². The predicted molar refractivity (Wildman–Crippen MR) is 85.5 cm³/mol. The molecule has 2 rings (SSSR count). The number of hydrogen-bond donors (Lipinski definition) is 1. The van der Waals surface area contributed by atoms with Crippen LogP contribution in [0.1, 0.15) is 18.9 Å². The van der Waals surface area contributed by atoms with Gasteiger partial charge in [0, 0.05) is 17.8 Å². The summed E-state index contributed by atoms with van der Waals surface area (Å²) in [5.41, 5.74) is 1.10. The van der Waals surface area contributed by atoms with Crippen molar-refractivity contribution in [3.63, 3.8) is 0 Å². The monoisotopic (exact) mass is 354 g/mol. The summed E-state index contributed by atoms with van der Waals surface area (Å²) < 4.78 is 6.63. The molecule has 2 aromatic rings. The fourth-order valence-electron chi connectivity index (χ4n) is 1.71. The zero-order valence-electron chi connectivity index (χ0n) is 11.2. The molecule has 0 saturated carbocycles. The first-order valence-electron chi connectivity index (χ1n) is 6.46. The average Bonchev–Trinajstić information content (AvgIpc) is 2.43. The molecule has 0 unspecified atom stereocenters. The number of nitrogens with zero attached hydrogens (tertiary/aromatic N) is 1. The number of nitrogens with one attached hydrogen (secondary N) is 1. The van der Waals surface area contributed by atoms with Gasteiger partial charge in [-0.2, -0.15) is 0 Å². The van der Waals surface area contributed by atoms with Gasteiger partial charge < -0.3 is 10.1 Å². The summed E-state index contributed by atoms with van der Waals surface area (Å²) in [5.74, 6) is 1.43. The van der Waals surface area contributed by atoms with Crippen molar-refractivity contribution in [2.24, 2.45) is 0 Å². The zero-order valence-corrected chi connectivity index (χ0v) is 13.5. The first-order valence-corrected chi connectivity index (χ1v) is 7.63. The Balaban J connectivity index is 2.07. The van der Waals surface area contributed by atoms with E-state index in [1.54, 1.807) is 18.3 Å². The number of rotatable bonds is 6. The second-order valence-electron chi connectivity index (χ2n) is 4.38. The van der Waals surface area contributed by atoms with E-state index in [0.29, 0.717) is 10.8 Å². The highest BCUT2D eigenvalue weighted by Gasteiger charge is 2.04. The van der Waals surface area contributed by atoms with Crippen molar-refractivity contribution in [2.75, 3.05) is 6.54 Å². The Labute approximate surface area is 132 Å². The smallest absolute Gasteiger partial charge is 0.146 e. The van der Waals surface area contributed by atoms with Crippen molar-refractivity contribution >= 4 is 27.5 Å². The first-order chi connectivity index (χ1) is 9.69. The van der Waals surface area contributed by atoms with E-state index in [9.17, 15) is 0 Å². The number of benzene rings is 1. The molecule has 0 aliphatic carbocycles. The summed E-state index contributed by atoms with van der Waals surface area (Å²) in [6, 6.07) is 7.41. The largest absolute Gasteiger partial charge is 0.455 e. The minimum atomic E-state index is 0.667. The zero-order chi connectivity index (χ0) is 14.4. The van der Waals surface area contributed by atoms with Gasteiger partial charge in [0.1, 0.15) is 11.5 Å². The lowest BCUT2D eigenvalue weighted by molar-refractivity contribution is 0.476. The fraction of sp³-hybridized carbons (Fsp3) is 0.267. The Morgan fingerprint density at radius 3 is 2.90 bits per heavy atom. The van der Waals surface area contributed by atoms with Crippen LogP contribution in [0.4, 0.5) is 0 Å². The van der Waals surface area contributed by atoms with Crippen molar-refractivity contribution in [3.8, 4) is 11.5 Å². The maximum Gasteiger partial charge on any atom is 0.146 e. The summed E-state index contributed by atoms with van der Waals surface area (Å²) in [6.07, 6.45) is 4.65. The number of hydrogen-bond acceptors (Lipinski definition) is 3. The van der Waals surface area contributed by atoms with Crippen LogP contribution in [0.2, 0.25) is 5.02 Å². The van der Waals surface area contributed by atoms with Crippen molar-refractivity contribution in [1.82, 2.24) is 10.3 Å². The molecule has 1 N–H and O–H groups in total. The van der Waals surface area contributed by atoms with E-state index in [2.05, 4.69) is 33.2 Å². The number of halogens is 2. The molecule has 0 amide bonds. The summed E-state index contributed by atoms with van der Waals surface area (Å²) >= 11 is 9.34. The van der Waals surface area contributed by atoms with Crippen LogP contribution in [0.25, 0.3) is 0 Å². The van der Waals surface area contributed by atoms with E-state index >= 15 is 0 Å². The third kappa shape index (κ3) is 4.47. The number of aromatic nitrogens is 1. The fourth-order valence-corrected chi connectivity index (χ4v) is 2.47. The van der Waals surface area contributed by atoms with Gasteiger partial charge in [-0.1, -0.05) is 18.5 Å². The lowest BCUT2D eigenvalue weighted by atomic mass is 10.2. The molecule has 0 bridgehead atoms. The van der Waals surface area contributed by atoms with Crippen molar-refractivity contribution in [2.45, 2.75) is 19.9 Å². The molecule has 106 valence electrons. The Hall–Kier alpha value is -1.10. The molecule has 0 fully saturated rings. The molecule has 0 aliphatic rings. The first kappa shape index (κ1) is 15.3. The van der Waals surface area contributed by atoms with Crippen LogP contribution < -0.4 is 10.1 Å². The summed E-state index contributed by atoms with van der Waals surface area (Å²) in [7, 11) is 0. The Kier molecular flexibility index (Phi) is 5.83. The molecule has 5 heteroatoms. The molecule has 0 spiro atoms. The third-order valence-corrected chi connectivity index (χ3v) is 3.50. The maximum absolute atomic E-state index is 5.91. The average molecular weight is 356 g/mol. The molecule has 0 radical (unpaired) electrons. The second-order valence-corrected chi connectivity index (χ2v) is 5.67. The summed E-state index contributed by atoms with van der Waals surface area (Å²) in [6.45, 7) is 3.93. The molecule has 0 aliphatic heterocycles. The third-order valence-electron chi connectivity index (χ3n) is 2.65. The Morgan fingerprint density at radius 2 is 2.15 bits per heavy atom. The van der Waals surface area contributed by atoms with Gasteiger partial charge in [0.05, 0.1) is 10.7 Å². The number of pyridine rings is 1. The topological polar surface area (TPSA) is 34.2 Å². The van der Waals surface area contributed by atoms with Crippen LogP contribution in [0.5, 0.6) is 11.5 Å². The quantitative estimate of drug-likeness (QED) is 0.757. The van der Waals surface area contributed by atoms with Crippen LogP contribution in [0.15, 0.2) is 41.1 Å². The summed E-state index contributed by atoms with van der Waals surface area (Å²) in [5, 5.41) is 4.01. The minimum absolute atomic E-state index is 0.667. The molecular weight excluding hydrogens is 340 g/mol. The molecular formula is C15H16BrClN2O.